The van der Waals surface area contributed by atoms with Crippen LogP contribution < -0.4 is 59.1 Å². The van der Waals surface area contributed by atoms with E-state index in [1.54, 1.807) is 0 Å². The predicted molar refractivity (Wildman–Crippen MR) is 24.1 cm³/mol. The van der Waals surface area contributed by atoms with Gasteiger partial charge in [-0.25, -0.2) is 4.39 Å². The van der Waals surface area contributed by atoms with Gasteiger partial charge in [-0.1, -0.05) is 0 Å². The molecule has 0 aliphatic heterocycles. The van der Waals surface area contributed by atoms with Gasteiger partial charge >= 0.3 is 77.1 Å². The van der Waals surface area contributed by atoms with Gasteiger partial charge in [0, 0.05) is 0 Å². The third kappa shape index (κ3) is 4.13. The Kier molecular flexibility index (Phi) is 9.28. The largest absolute Gasteiger partial charge is 1.00 e. The fourth-order valence-corrected chi connectivity index (χ4v) is 0.291. The molecular weight excluding hydrogens is 246 g/mol. The Labute approximate surface area is 121 Å². The number of hydrogen-bond acceptors (Lipinski definition) is 0. The first-order valence-corrected chi connectivity index (χ1v) is 2.44. The fourth-order valence-electron chi connectivity index (χ4n) is 0.291. The summed E-state index contributed by atoms with van der Waals surface area (Å²) in [5.74, 6) is -12.0. The van der Waals surface area contributed by atoms with Crippen molar-refractivity contribution in [1.29, 1.82) is 0 Å². The van der Waals surface area contributed by atoms with E-state index >= 15 is 0 Å². The summed E-state index contributed by atoms with van der Waals surface area (Å²) in [6.07, 6.45) is -6.44. The second-order valence-corrected chi connectivity index (χ2v) is 1.91. The maximum Gasteiger partial charge on any atom is 1.00 e. The summed E-state index contributed by atoms with van der Waals surface area (Å²) < 4.78 is 90.8. The monoisotopic (exact) mass is 250 g/mol. The summed E-state index contributed by atoms with van der Waals surface area (Å²) in [5, 5.41) is 0. The first-order chi connectivity index (χ1) is 5.06. The van der Waals surface area contributed by atoms with E-state index < -0.39 is 24.7 Å². The zero-order chi connectivity index (χ0) is 10.2. The van der Waals surface area contributed by atoms with Crippen molar-refractivity contribution in [3.63, 3.8) is 0 Å². The molecule has 10 heteroatoms. The molecule has 0 nitrogen and oxygen atoms in total. The van der Waals surface area contributed by atoms with Gasteiger partial charge in [0.1, 0.15) is 0 Å². The van der Waals surface area contributed by atoms with Crippen LogP contribution >= 0.6 is 0 Å². The van der Waals surface area contributed by atoms with E-state index in [-0.39, 0.29) is 62.0 Å². The molecule has 0 fully saturated rings. The molecule has 0 unspecified atom stereocenters. The third-order valence-electron chi connectivity index (χ3n) is 0.983. The Morgan fingerprint density at radius 2 is 1.07 bits per heavy atom. The SMILES string of the molecule is FCC(F)(F)C(F)(F)C(F)(F)F.[H-].[H-].[Na+].[Na+]. The van der Waals surface area contributed by atoms with Crippen LogP contribution in [0.2, 0.25) is 0 Å². The van der Waals surface area contributed by atoms with Crippen LogP contribution in [0.15, 0.2) is 0 Å². The minimum atomic E-state index is -6.44. The first kappa shape index (κ1) is 20.8. The van der Waals surface area contributed by atoms with Gasteiger partial charge in [0.05, 0.1) is 0 Å². The van der Waals surface area contributed by atoms with Crippen molar-refractivity contribution in [3.05, 3.63) is 0 Å². The number of alkyl halides is 8. The van der Waals surface area contributed by atoms with Crippen molar-refractivity contribution in [2.24, 2.45) is 0 Å². The van der Waals surface area contributed by atoms with Crippen LogP contribution in [-0.4, -0.2) is 24.7 Å². The maximum absolute atomic E-state index is 11.6. The van der Waals surface area contributed by atoms with Gasteiger partial charge in [-0.05, 0) is 0 Å². The second-order valence-electron chi connectivity index (χ2n) is 1.91. The fraction of sp³-hybridized carbons (Fsp3) is 1.00. The van der Waals surface area contributed by atoms with Gasteiger partial charge in [-0.15, -0.1) is 0 Å². The Morgan fingerprint density at radius 1 is 0.786 bits per heavy atom. The molecule has 0 aromatic rings. The Morgan fingerprint density at radius 3 is 1.14 bits per heavy atom. The van der Waals surface area contributed by atoms with E-state index in [9.17, 15) is 35.1 Å². The van der Waals surface area contributed by atoms with E-state index in [1.807, 2.05) is 0 Å². The molecule has 0 rings (SSSR count). The molecule has 0 spiro atoms. The van der Waals surface area contributed by atoms with Crippen LogP contribution in [-0.2, 0) is 0 Å². The van der Waals surface area contributed by atoms with Gasteiger partial charge in [0.15, 0.2) is 6.67 Å². The van der Waals surface area contributed by atoms with E-state index in [2.05, 4.69) is 0 Å². The van der Waals surface area contributed by atoms with Crippen LogP contribution in [0.4, 0.5) is 35.1 Å². The molecule has 0 radical (unpaired) electrons. The standard InChI is InChI=1S/C4H2F8.2Na.2H/c5-1-2(6,7)3(8,9)4(10,11)12;;;;/h1H2;;;;/q;2*+1;2*-1. The summed E-state index contributed by atoms with van der Waals surface area (Å²) in [4.78, 5) is 0. The number of hydrogen-bond donors (Lipinski definition) is 0. The quantitative estimate of drug-likeness (QED) is 0.362. The van der Waals surface area contributed by atoms with Gasteiger partial charge in [0.25, 0.3) is 0 Å². The van der Waals surface area contributed by atoms with Crippen LogP contribution in [0.5, 0.6) is 0 Å². The van der Waals surface area contributed by atoms with Crippen LogP contribution in [0, 0.1) is 0 Å². The van der Waals surface area contributed by atoms with Crippen molar-refractivity contribution in [2.45, 2.75) is 18.0 Å². The summed E-state index contributed by atoms with van der Waals surface area (Å²) in [7, 11) is 0. The average Bonchev–Trinajstić information content (AvgIpc) is 1.85. The van der Waals surface area contributed by atoms with E-state index in [4.69, 9.17) is 0 Å². The molecule has 0 amide bonds. The van der Waals surface area contributed by atoms with E-state index in [0.717, 1.165) is 0 Å². The molecule has 0 saturated heterocycles. The van der Waals surface area contributed by atoms with Crippen LogP contribution in [0.1, 0.15) is 2.85 Å². The van der Waals surface area contributed by atoms with Crippen molar-refractivity contribution in [3.8, 4) is 0 Å². The topological polar surface area (TPSA) is 0 Å². The van der Waals surface area contributed by atoms with E-state index in [1.165, 1.54) is 0 Å². The predicted octanol–water partition coefficient (Wildman–Crippen LogP) is -2.98. The molecule has 0 aliphatic rings. The molecule has 0 saturated carbocycles. The molecule has 0 N–H and O–H groups in total. The molecule has 0 aromatic heterocycles. The van der Waals surface area contributed by atoms with Crippen molar-refractivity contribution in [1.82, 2.24) is 0 Å². The average molecular weight is 250 g/mol. The Bertz CT molecular complexity index is 172. The number of rotatable bonds is 2. The van der Waals surface area contributed by atoms with Gasteiger partial charge in [-0.3, -0.25) is 0 Å². The molecule has 14 heavy (non-hydrogen) atoms. The van der Waals surface area contributed by atoms with Crippen molar-refractivity contribution < 1.29 is 97.1 Å². The smallest absolute Gasteiger partial charge is 1.00 e. The molecule has 0 heterocycles. The maximum atomic E-state index is 11.6. The summed E-state index contributed by atoms with van der Waals surface area (Å²) in [5.41, 5.74) is 0. The summed E-state index contributed by atoms with van der Waals surface area (Å²) >= 11 is 0. The van der Waals surface area contributed by atoms with Crippen molar-refractivity contribution >= 4 is 0 Å². The molecular formula is C4H4F8Na2. The minimum Gasteiger partial charge on any atom is -1.00 e. The zero-order valence-electron chi connectivity index (χ0n) is 9.23. The van der Waals surface area contributed by atoms with Crippen LogP contribution in [0.25, 0.3) is 0 Å². The normalized spacial score (nSPS) is 12.9. The zero-order valence-corrected chi connectivity index (χ0v) is 11.2. The van der Waals surface area contributed by atoms with Gasteiger partial charge in [0.2, 0.25) is 0 Å². The summed E-state index contributed by atoms with van der Waals surface area (Å²) in [6, 6.07) is 0. The Balaban J connectivity index is -0.000000101. The second kappa shape index (κ2) is 6.24. The molecule has 78 valence electrons. The van der Waals surface area contributed by atoms with E-state index in [0.29, 0.717) is 0 Å². The molecule has 0 atom stereocenters. The minimum absolute atomic E-state index is 0. The van der Waals surface area contributed by atoms with Gasteiger partial charge in [-0.2, -0.15) is 30.7 Å². The van der Waals surface area contributed by atoms with Crippen molar-refractivity contribution in [2.75, 3.05) is 6.67 Å². The first-order valence-electron chi connectivity index (χ1n) is 2.44. The third-order valence-corrected chi connectivity index (χ3v) is 0.983. The van der Waals surface area contributed by atoms with Gasteiger partial charge < -0.3 is 2.85 Å². The van der Waals surface area contributed by atoms with Crippen LogP contribution in [0.3, 0.4) is 0 Å². The Hall–Kier alpha value is 1.44. The molecule has 0 aliphatic carbocycles. The number of halogens is 8. The summed E-state index contributed by atoms with van der Waals surface area (Å²) in [6.45, 7) is -3.06. The molecule has 0 aromatic carbocycles. The molecule has 0 bridgehead atoms.